The lowest BCUT2D eigenvalue weighted by Gasteiger charge is -2.09. The summed E-state index contributed by atoms with van der Waals surface area (Å²) in [7, 11) is -3.85. The first kappa shape index (κ1) is 15.0. The zero-order valence-electron chi connectivity index (χ0n) is 11.0. The molecule has 0 saturated heterocycles. The predicted molar refractivity (Wildman–Crippen MR) is 75.3 cm³/mol. The van der Waals surface area contributed by atoms with Crippen molar-refractivity contribution in [2.75, 3.05) is 4.72 Å². The second kappa shape index (κ2) is 5.53. The number of anilines is 1. The largest absolute Gasteiger partial charge is 0.478 e. The number of carboxylic acid groups (broad SMARTS) is 1. The summed E-state index contributed by atoms with van der Waals surface area (Å²) in [6.07, 6.45) is 0. The Morgan fingerprint density at radius 2 is 1.76 bits per heavy atom. The van der Waals surface area contributed by atoms with Gasteiger partial charge in [-0.2, -0.15) is 0 Å². The lowest BCUT2D eigenvalue weighted by Crippen LogP contribution is -2.13. The number of hydrogen-bond acceptors (Lipinski definition) is 3. The minimum atomic E-state index is -3.85. The van der Waals surface area contributed by atoms with Gasteiger partial charge in [0.2, 0.25) is 0 Å². The maximum atomic E-state index is 13.1. The lowest BCUT2D eigenvalue weighted by atomic mass is 10.2. The topological polar surface area (TPSA) is 83.5 Å². The molecule has 0 unspecified atom stereocenters. The van der Waals surface area contributed by atoms with Gasteiger partial charge in [0.15, 0.2) is 0 Å². The fourth-order valence-corrected chi connectivity index (χ4v) is 2.75. The van der Waals surface area contributed by atoms with Crippen LogP contribution in [0.15, 0.2) is 47.4 Å². The summed E-state index contributed by atoms with van der Waals surface area (Å²) in [6, 6.07) is 8.65. The minimum Gasteiger partial charge on any atom is -0.478 e. The highest BCUT2D eigenvalue weighted by Gasteiger charge is 2.15. The molecule has 0 aliphatic rings. The smallest absolute Gasteiger partial charge is 0.335 e. The van der Waals surface area contributed by atoms with Crippen molar-refractivity contribution >= 4 is 21.7 Å². The van der Waals surface area contributed by atoms with Crippen LogP contribution in [-0.4, -0.2) is 19.5 Å². The van der Waals surface area contributed by atoms with E-state index in [1.165, 1.54) is 49.4 Å². The second-order valence-electron chi connectivity index (χ2n) is 4.40. The Balaban J connectivity index is 2.29. The van der Waals surface area contributed by atoms with E-state index in [1.807, 2.05) is 0 Å². The highest BCUT2D eigenvalue weighted by atomic mass is 32.2. The molecule has 0 bridgehead atoms. The maximum absolute atomic E-state index is 13.1. The first-order chi connectivity index (χ1) is 9.79. The van der Waals surface area contributed by atoms with Crippen LogP contribution in [0, 0.1) is 12.7 Å². The number of carboxylic acids is 1. The van der Waals surface area contributed by atoms with E-state index in [4.69, 9.17) is 5.11 Å². The van der Waals surface area contributed by atoms with Crippen LogP contribution in [0.1, 0.15) is 15.9 Å². The van der Waals surface area contributed by atoms with Crippen LogP contribution in [-0.2, 0) is 10.0 Å². The minimum absolute atomic E-state index is 0.00780. The van der Waals surface area contributed by atoms with E-state index in [0.29, 0.717) is 5.56 Å². The van der Waals surface area contributed by atoms with E-state index in [2.05, 4.69) is 4.72 Å². The second-order valence-corrected chi connectivity index (χ2v) is 6.08. The summed E-state index contributed by atoms with van der Waals surface area (Å²) in [6.45, 7) is 1.52. The number of aryl methyl sites for hydroxylation is 1. The van der Waals surface area contributed by atoms with Crippen LogP contribution in [0.2, 0.25) is 0 Å². The number of benzene rings is 2. The summed E-state index contributed by atoms with van der Waals surface area (Å²) in [5.74, 6) is -1.56. The molecule has 0 atom stereocenters. The summed E-state index contributed by atoms with van der Waals surface area (Å²) in [4.78, 5) is 10.6. The first-order valence-electron chi connectivity index (χ1n) is 5.92. The molecule has 2 rings (SSSR count). The predicted octanol–water partition coefficient (Wildman–Crippen LogP) is 2.63. The average Bonchev–Trinajstić information content (AvgIpc) is 2.43. The van der Waals surface area contributed by atoms with Gasteiger partial charge >= 0.3 is 5.97 Å². The molecule has 110 valence electrons. The lowest BCUT2D eigenvalue weighted by molar-refractivity contribution is 0.0696. The number of aromatic carboxylic acids is 1. The van der Waals surface area contributed by atoms with Crippen LogP contribution < -0.4 is 4.72 Å². The fourth-order valence-electron chi connectivity index (χ4n) is 1.70. The van der Waals surface area contributed by atoms with Crippen molar-refractivity contribution < 1.29 is 22.7 Å². The molecular formula is C14H12FNO4S. The Bertz CT molecular complexity index is 785. The third-order valence-electron chi connectivity index (χ3n) is 2.82. The quantitative estimate of drug-likeness (QED) is 0.909. The van der Waals surface area contributed by atoms with Gasteiger partial charge in [0, 0.05) is 5.69 Å². The molecule has 7 heteroatoms. The van der Waals surface area contributed by atoms with Gasteiger partial charge in [-0.1, -0.05) is 0 Å². The van der Waals surface area contributed by atoms with Gasteiger partial charge < -0.3 is 5.11 Å². The van der Waals surface area contributed by atoms with Crippen LogP contribution >= 0.6 is 0 Å². The molecule has 21 heavy (non-hydrogen) atoms. The normalized spacial score (nSPS) is 11.1. The van der Waals surface area contributed by atoms with Crippen molar-refractivity contribution in [1.82, 2.24) is 0 Å². The molecule has 5 nitrogen and oxygen atoms in total. The highest BCUT2D eigenvalue weighted by Crippen LogP contribution is 2.19. The van der Waals surface area contributed by atoms with Crippen LogP contribution in [0.25, 0.3) is 0 Å². The van der Waals surface area contributed by atoms with Gasteiger partial charge in [-0.25, -0.2) is 17.6 Å². The molecule has 2 N–H and O–H groups in total. The monoisotopic (exact) mass is 309 g/mol. The molecule has 2 aromatic carbocycles. The summed E-state index contributed by atoms with van der Waals surface area (Å²) >= 11 is 0. The molecule has 0 saturated carbocycles. The fraction of sp³-hybridized carbons (Fsp3) is 0.0714. The summed E-state index contributed by atoms with van der Waals surface area (Å²) < 4.78 is 39.7. The Morgan fingerprint density at radius 1 is 1.14 bits per heavy atom. The SMILES string of the molecule is Cc1cc(NS(=O)(=O)c2ccc(C(=O)O)cc2)ccc1F. The van der Waals surface area contributed by atoms with Gasteiger partial charge in [-0.15, -0.1) is 0 Å². The number of rotatable bonds is 4. The molecule has 0 heterocycles. The molecule has 0 amide bonds. The highest BCUT2D eigenvalue weighted by molar-refractivity contribution is 7.92. The van der Waals surface area contributed by atoms with E-state index in [1.54, 1.807) is 0 Å². The molecule has 2 aromatic rings. The van der Waals surface area contributed by atoms with E-state index >= 15 is 0 Å². The van der Waals surface area contributed by atoms with Crippen molar-refractivity contribution in [3.8, 4) is 0 Å². The van der Waals surface area contributed by atoms with Gasteiger partial charge in [0.25, 0.3) is 10.0 Å². The molecule has 0 aromatic heterocycles. The third kappa shape index (κ3) is 3.38. The van der Waals surface area contributed by atoms with Gasteiger partial charge in [0.1, 0.15) is 5.82 Å². The maximum Gasteiger partial charge on any atom is 0.335 e. The molecule has 0 spiro atoms. The summed E-state index contributed by atoms with van der Waals surface area (Å²) in [5.41, 5.74) is 0.541. The van der Waals surface area contributed by atoms with Crippen molar-refractivity contribution in [2.45, 2.75) is 11.8 Å². The number of sulfonamides is 1. The third-order valence-corrected chi connectivity index (χ3v) is 4.22. The molecule has 0 aliphatic heterocycles. The van der Waals surface area contributed by atoms with Crippen molar-refractivity contribution in [3.05, 3.63) is 59.4 Å². The standard InChI is InChI=1S/C14H12FNO4S/c1-9-8-11(4-7-13(9)15)16-21(19,20)12-5-2-10(3-6-12)14(17)18/h2-8,16H,1H3,(H,17,18). The van der Waals surface area contributed by atoms with E-state index in [0.717, 1.165) is 0 Å². The van der Waals surface area contributed by atoms with Gasteiger partial charge in [-0.3, -0.25) is 4.72 Å². The molecule has 0 radical (unpaired) electrons. The Labute approximate surface area is 121 Å². The van der Waals surface area contributed by atoms with E-state index in [-0.39, 0.29) is 16.1 Å². The number of carbonyl (C=O) groups is 1. The Kier molecular flexibility index (Phi) is 3.95. The van der Waals surface area contributed by atoms with Crippen LogP contribution in [0.3, 0.4) is 0 Å². The molecule has 0 fully saturated rings. The van der Waals surface area contributed by atoms with Crippen molar-refractivity contribution in [1.29, 1.82) is 0 Å². The van der Waals surface area contributed by atoms with Crippen molar-refractivity contribution in [2.24, 2.45) is 0 Å². The molecular weight excluding hydrogens is 297 g/mol. The number of hydrogen-bond donors (Lipinski definition) is 2. The Hall–Kier alpha value is -2.41. The van der Waals surface area contributed by atoms with Crippen molar-refractivity contribution in [3.63, 3.8) is 0 Å². The average molecular weight is 309 g/mol. The Morgan fingerprint density at radius 3 is 2.29 bits per heavy atom. The van der Waals surface area contributed by atoms with E-state index in [9.17, 15) is 17.6 Å². The molecule has 0 aliphatic carbocycles. The van der Waals surface area contributed by atoms with E-state index < -0.39 is 21.8 Å². The van der Waals surface area contributed by atoms with Gasteiger partial charge in [0.05, 0.1) is 10.5 Å². The summed E-state index contributed by atoms with van der Waals surface area (Å²) in [5, 5.41) is 8.77. The van der Waals surface area contributed by atoms with Gasteiger partial charge in [-0.05, 0) is 55.0 Å². The number of nitrogens with one attached hydrogen (secondary N) is 1. The van der Waals surface area contributed by atoms with Crippen LogP contribution in [0.5, 0.6) is 0 Å². The number of halogens is 1. The first-order valence-corrected chi connectivity index (χ1v) is 7.40. The zero-order valence-corrected chi connectivity index (χ0v) is 11.8. The van der Waals surface area contributed by atoms with Crippen LogP contribution in [0.4, 0.5) is 10.1 Å². The zero-order chi connectivity index (χ0) is 15.6.